The molecule has 3 aromatic rings. The zero-order valence-electron chi connectivity index (χ0n) is 11.7. The van der Waals surface area contributed by atoms with Crippen molar-refractivity contribution in [3.05, 3.63) is 59.4 Å². The molecule has 1 aromatic heterocycles. The van der Waals surface area contributed by atoms with Crippen molar-refractivity contribution in [1.29, 1.82) is 5.26 Å². The summed E-state index contributed by atoms with van der Waals surface area (Å²) in [4.78, 5) is 4.68. The molecular formula is C17H14ClN3. The van der Waals surface area contributed by atoms with Crippen molar-refractivity contribution >= 4 is 22.6 Å². The van der Waals surface area contributed by atoms with Crippen molar-refractivity contribution < 1.29 is 0 Å². The van der Waals surface area contributed by atoms with Gasteiger partial charge in [0.25, 0.3) is 0 Å². The Balaban J connectivity index is 2.34. The van der Waals surface area contributed by atoms with Crippen LogP contribution >= 0.6 is 11.6 Å². The molecule has 0 aliphatic carbocycles. The smallest absolute Gasteiger partial charge is 0.115 e. The SMILES string of the molecule is Cc1ccc2c(c1)nc(CCCl)n2-c1ccccc1C#N. The number of halogens is 1. The van der Waals surface area contributed by atoms with Crippen LogP contribution in [-0.4, -0.2) is 15.4 Å². The molecular weight excluding hydrogens is 282 g/mol. The highest BCUT2D eigenvalue weighted by Gasteiger charge is 2.14. The molecule has 3 rings (SSSR count). The highest BCUT2D eigenvalue weighted by Crippen LogP contribution is 2.25. The van der Waals surface area contributed by atoms with Crippen molar-refractivity contribution in [2.75, 3.05) is 5.88 Å². The Kier molecular flexibility index (Phi) is 3.64. The summed E-state index contributed by atoms with van der Waals surface area (Å²) in [6, 6.07) is 16.0. The molecule has 0 amide bonds. The minimum atomic E-state index is 0.497. The Hall–Kier alpha value is -2.31. The van der Waals surface area contributed by atoms with Gasteiger partial charge in [0.15, 0.2) is 0 Å². The van der Waals surface area contributed by atoms with Crippen molar-refractivity contribution in [3.8, 4) is 11.8 Å². The van der Waals surface area contributed by atoms with Crippen LogP contribution in [0.5, 0.6) is 0 Å². The predicted molar refractivity (Wildman–Crippen MR) is 84.9 cm³/mol. The van der Waals surface area contributed by atoms with Gasteiger partial charge in [-0.05, 0) is 36.8 Å². The van der Waals surface area contributed by atoms with Crippen LogP contribution in [-0.2, 0) is 6.42 Å². The fraction of sp³-hybridized carbons (Fsp3) is 0.176. The molecule has 0 N–H and O–H groups in total. The molecule has 0 spiro atoms. The summed E-state index contributed by atoms with van der Waals surface area (Å²) in [5.41, 5.74) is 4.59. The van der Waals surface area contributed by atoms with E-state index < -0.39 is 0 Å². The second kappa shape index (κ2) is 5.59. The minimum Gasteiger partial charge on any atom is -0.295 e. The van der Waals surface area contributed by atoms with E-state index in [1.54, 1.807) is 0 Å². The number of para-hydroxylation sites is 1. The topological polar surface area (TPSA) is 41.6 Å². The van der Waals surface area contributed by atoms with Crippen LogP contribution in [0.25, 0.3) is 16.7 Å². The molecule has 0 atom stereocenters. The van der Waals surface area contributed by atoms with Gasteiger partial charge in [0.1, 0.15) is 11.9 Å². The van der Waals surface area contributed by atoms with Crippen molar-refractivity contribution in [2.24, 2.45) is 0 Å². The summed E-state index contributed by atoms with van der Waals surface area (Å²) >= 11 is 5.91. The molecule has 3 nitrogen and oxygen atoms in total. The third kappa shape index (κ3) is 2.39. The number of imidazole rings is 1. The molecule has 0 fully saturated rings. The fourth-order valence-corrected chi connectivity index (χ4v) is 2.69. The van der Waals surface area contributed by atoms with Crippen LogP contribution in [0.4, 0.5) is 0 Å². The van der Waals surface area contributed by atoms with Crippen molar-refractivity contribution in [1.82, 2.24) is 9.55 Å². The van der Waals surface area contributed by atoms with Gasteiger partial charge in [-0.1, -0.05) is 18.2 Å². The Labute approximate surface area is 128 Å². The first-order valence-electron chi connectivity index (χ1n) is 6.78. The van der Waals surface area contributed by atoms with E-state index in [0.717, 1.165) is 28.1 Å². The molecule has 1 heterocycles. The lowest BCUT2D eigenvalue weighted by atomic mass is 10.1. The van der Waals surface area contributed by atoms with E-state index in [0.29, 0.717) is 17.9 Å². The number of aryl methyl sites for hydroxylation is 2. The van der Waals surface area contributed by atoms with Gasteiger partial charge in [-0.3, -0.25) is 4.57 Å². The zero-order valence-corrected chi connectivity index (χ0v) is 12.4. The van der Waals surface area contributed by atoms with Crippen LogP contribution in [0.2, 0.25) is 0 Å². The summed E-state index contributed by atoms with van der Waals surface area (Å²) < 4.78 is 2.04. The summed E-state index contributed by atoms with van der Waals surface area (Å²) in [6.45, 7) is 2.04. The highest BCUT2D eigenvalue weighted by molar-refractivity contribution is 6.17. The number of rotatable bonds is 3. The van der Waals surface area contributed by atoms with Crippen molar-refractivity contribution in [2.45, 2.75) is 13.3 Å². The average molecular weight is 296 g/mol. The number of aromatic nitrogens is 2. The summed E-state index contributed by atoms with van der Waals surface area (Å²) in [5.74, 6) is 1.38. The Morgan fingerprint density at radius 3 is 2.81 bits per heavy atom. The minimum absolute atomic E-state index is 0.497. The van der Waals surface area contributed by atoms with Gasteiger partial charge in [0, 0.05) is 12.3 Å². The maximum Gasteiger partial charge on any atom is 0.115 e. The maximum atomic E-state index is 9.34. The predicted octanol–water partition coefficient (Wildman–Crippen LogP) is 3.99. The molecule has 0 radical (unpaired) electrons. The molecule has 104 valence electrons. The van der Waals surface area contributed by atoms with Gasteiger partial charge in [0.05, 0.1) is 22.3 Å². The first-order valence-corrected chi connectivity index (χ1v) is 7.31. The van der Waals surface area contributed by atoms with Crippen molar-refractivity contribution in [3.63, 3.8) is 0 Å². The molecule has 0 unspecified atom stereocenters. The molecule has 0 saturated heterocycles. The molecule has 4 heteroatoms. The number of nitrogens with zero attached hydrogens (tertiary/aromatic N) is 3. The lowest BCUT2D eigenvalue weighted by molar-refractivity contribution is 0.910. The number of hydrogen-bond acceptors (Lipinski definition) is 2. The Morgan fingerprint density at radius 1 is 1.24 bits per heavy atom. The first-order chi connectivity index (χ1) is 10.2. The normalized spacial score (nSPS) is 10.7. The lowest BCUT2D eigenvalue weighted by Gasteiger charge is -2.10. The van der Waals surface area contributed by atoms with E-state index in [1.807, 2.05) is 41.8 Å². The third-order valence-electron chi connectivity index (χ3n) is 3.46. The van der Waals surface area contributed by atoms with Gasteiger partial charge in [-0.15, -0.1) is 11.6 Å². The molecule has 0 aliphatic rings. The van der Waals surface area contributed by atoms with Crippen LogP contribution < -0.4 is 0 Å². The number of alkyl halides is 1. The number of benzene rings is 2. The Bertz CT molecular complexity index is 843. The van der Waals surface area contributed by atoms with Gasteiger partial charge < -0.3 is 0 Å². The van der Waals surface area contributed by atoms with E-state index >= 15 is 0 Å². The van der Waals surface area contributed by atoms with E-state index in [9.17, 15) is 5.26 Å². The molecule has 0 bridgehead atoms. The second-order valence-corrected chi connectivity index (χ2v) is 5.30. The first kappa shape index (κ1) is 13.7. The van der Waals surface area contributed by atoms with E-state index in [1.165, 1.54) is 0 Å². The quantitative estimate of drug-likeness (QED) is 0.686. The Morgan fingerprint density at radius 2 is 2.05 bits per heavy atom. The van der Waals surface area contributed by atoms with Crippen LogP contribution in [0.3, 0.4) is 0 Å². The van der Waals surface area contributed by atoms with E-state index in [4.69, 9.17) is 11.6 Å². The van der Waals surface area contributed by atoms with Crippen LogP contribution in [0.15, 0.2) is 42.5 Å². The maximum absolute atomic E-state index is 9.34. The highest BCUT2D eigenvalue weighted by atomic mass is 35.5. The fourth-order valence-electron chi connectivity index (χ4n) is 2.52. The number of fused-ring (bicyclic) bond motifs is 1. The third-order valence-corrected chi connectivity index (χ3v) is 3.65. The van der Waals surface area contributed by atoms with E-state index in [-0.39, 0.29) is 0 Å². The van der Waals surface area contributed by atoms with Gasteiger partial charge >= 0.3 is 0 Å². The van der Waals surface area contributed by atoms with Gasteiger partial charge in [0.2, 0.25) is 0 Å². The molecule has 21 heavy (non-hydrogen) atoms. The number of hydrogen-bond donors (Lipinski definition) is 0. The largest absolute Gasteiger partial charge is 0.295 e. The lowest BCUT2D eigenvalue weighted by Crippen LogP contribution is -2.04. The zero-order chi connectivity index (χ0) is 14.8. The molecule has 0 aliphatic heterocycles. The number of nitriles is 1. The monoisotopic (exact) mass is 295 g/mol. The summed E-state index contributed by atoms with van der Waals surface area (Å²) in [6.07, 6.45) is 0.662. The summed E-state index contributed by atoms with van der Waals surface area (Å²) in [7, 11) is 0. The van der Waals surface area contributed by atoms with Crippen LogP contribution in [0.1, 0.15) is 17.0 Å². The van der Waals surface area contributed by atoms with E-state index in [2.05, 4.69) is 23.2 Å². The average Bonchev–Trinajstić information content (AvgIpc) is 2.84. The van der Waals surface area contributed by atoms with Gasteiger partial charge in [-0.2, -0.15) is 5.26 Å². The summed E-state index contributed by atoms with van der Waals surface area (Å²) in [5, 5.41) is 9.34. The molecule has 0 saturated carbocycles. The van der Waals surface area contributed by atoms with Gasteiger partial charge in [-0.25, -0.2) is 4.98 Å². The molecule has 2 aromatic carbocycles. The standard InChI is InChI=1S/C17H14ClN3/c1-12-6-7-16-14(10-12)20-17(8-9-18)21(16)15-5-3-2-4-13(15)11-19/h2-7,10H,8-9H2,1H3. The second-order valence-electron chi connectivity index (χ2n) is 4.92. The van der Waals surface area contributed by atoms with Crippen LogP contribution in [0, 0.1) is 18.3 Å².